The van der Waals surface area contributed by atoms with Gasteiger partial charge < -0.3 is 9.72 Å². The second-order valence-electron chi connectivity index (χ2n) is 3.10. The number of carbonyl (C=O) groups is 1. The molecule has 0 atom stereocenters. The van der Waals surface area contributed by atoms with Crippen LogP contribution in [0.25, 0.3) is 5.52 Å². The van der Waals surface area contributed by atoms with Crippen molar-refractivity contribution in [3.8, 4) is 0 Å². The highest BCUT2D eigenvalue weighted by atomic mass is 16.1. The smallest absolute Gasteiger partial charge is 0.252 e. The van der Waals surface area contributed by atoms with Crippen LogP contribution < -0.4 is 5.32 Å². The van der Waals surface area contributed by atoms with Crippen LogP contribution in [-0.2, 0) is 0 Å². The molecule has 1 N–H and O–H groups in total. The van der Waals surface area contributed by atoms with Crippen molar-refractivity contribution in [2.45, 2.75) is 6.92 Å². The Morgan fingerprint density at radius 1 is 1.50 bits per heavy atom. The fraction of sp³-hybridized carbons (Fsp3) is 0.200. The van der Waals surface area contributed by atoms with E-state index in [-0.39, 0.29) is 5.91 Å². The highest BCUT2D eigenvalue weighted by Crippen LogP contribution is 2.08. The quantitative estimate of drug-likeness (QED) is 0.727. The van der Waals surface area contributed by atoms with Crippen molar-refractivity contribution in [3.05, 3.63) is 35.9 Å². The zero-order valence-corrected chi connectivity index (χ0v) is 8.11. The van der Waals surface area contributed by atoms with Crippen LogP contribution in [0.5, 0.6) is 0 Å². The van der Waals surface area contributed by atoms with Gasteiger partial charge in [0.25, 0.3) is 5.91 Å². The van der Waals surface area contributed by atoms with E-state index in [1.807, 2.05) is 17.4 Å². The third-order valence-corrected chi connectivity index (χ3v) is 2.20. The van der Waals surface area contributed by atoms with Crippen molar-refractivity contribution in [2.24, 2.45) is 0 Å². The van der Waals surface area contributed by atoms with Crippen molar-refractivity contribution < 1.29 is 4.79 Å². The number of pyridine rings is 1. The zero-order chi connectivity index (χ0) is 10.1. The van der Waals surface area contributed by atoms with Crippen molar-refractivity contribution in [3.63, 3.8) is 0 Å². The third-order valence-electron chi connectivity index (χ3n) is 2.20. The summed E-state index contributed by atoms with van der Waals surface area (Å²) in [6.07, 6.45) is 3.57. The summed E-state index contributed by atoms with van der Waals surface area (Å²) >= 11 is 0. The molecule has 2 heterocycles. The van der Waals surface area contributed by atoms with Gasteiger partial charge in [0.15, 0.2) is 0 Å². The number of amides is 1. The molecule has 4 heteroatoms. The van der Waals surface area contributed by atoms with Gasteiger partial charge in [0.2, 0.25) is 0 Å². The van der Waals surface area contributed by atoms with Crippen molar-refractivity contribution >= 4 is 11.4 Å². The van der Waals surface area contributed by atoms with E-state index in [9.17, 15) is 4.79 Å². The molecule has 2 aromatic rings. The molecule has 14 heavy (non-hydrogen) atoms. The lowest BCUT2D eigenvalue weighted by Gasteiger charge is -2.01. The van der Waals surface area contributed by atoms with Crippen molar-refractivity contribution in [2.75, 3.05) is 7.05 Å². The van der Waals surface area contributed by atoms with Gasteiger partial charge in [0, 0.05) is 13.2 Å². The first-order chi connectivity index (χ1) is 6.72. The van der Waals surface area contributed by atoms with E-state index in [1.54, 1.807) is 25.5 Å². The van der Waals surface area contributed by atoms with Crippen LogP contribution in [0.4, 0.5) is 0 Å². The van der Waals surface area contributed by atoms with Crippen LogP contribution in [0.2, 0.25) is 0 Å². The Hall–Kier alpha value is -1.84. The molecule has 72 valence electrons. The fourth-order valence-corrected chi connectivity index (χ4v) is 1.40. The molecular weight excluding hydrogens is 178 g/mol. The maximum absolute atomic E-state index is 11.3. The number of aromatic nitrogens is 2. The van der Waals surface area contributed by atoms with Crippen molar-refractivity contribution in [1.82, 2.24) is 14.7 Å². The van der Waals surface area contributed by atoms with Gasteiger partial charge in [0.1, 0.15) is 5.82 Å². The Morgan fingerprint density at radius 2 is 2.29 bits per heavy atom. The van der Waals surface area contributed by atoms with E-state index in [0.29, 0.717) is 5.56 Å². The lowest BCUT2D eigenvalue weighted by molar-refractivity contribution is 0.0962. The van der Waals surface area contributed by atoms with Gasteiger partial charge in [-0.25, -0.2) is 4.98 Å². The van der Waals surface area contributed by atoms with Gasteiger partial charge in [0.05, 0.1) is 17.3 Å². The molecule has 0 aliphatic carbocycles. The van der Waals surface area contributed by atoms with Gasteiger partial charge in [-0.2, -0.15) is 0 Å². The molecule has 2 rings (SSSR count). The largest absolute Gasteiger partial charge is 0.355 e. The standard InChI is InChI=1S/C10H11N3O/c1-7-12-5-9-4-3-8(6-13(7)9)10(14)11-2/h3-6H,1-2H3,(H,11,14). The zero-order valence-electron chi connectivity index (χ0n) is 8.11. The average molecular weight is 189 g/mol. The summed E-state index contributed by atoms with van der Waals surface area (Å²) in [5, 5.41) is 2.58. The molecule has 0 aliphatic heterocycles. The molecule has 0 bridgehead atoms. The molecule has 2 aromatic heterocycles. The molecule has 0 radical (unpaired) electrons. The first-order valence-corrected chi connectivity index (χ1v) is 4.38. The Balaban J connectivity index is 2.60. The van der Waals surface area contributed by atoms with E-state index in [1.165, 1.54) is 0 Å². The topological polar surface area (TPSA) is 46.4 Å². The molecular formula is C10H11N3O. The Kier molecular flexibility index (Phi) is 1.96. The van der Waals surface area contributed by atoms with Crippen LogP contribution in [0, 0.1) is 6.92 Å². The van der Waals surface area contributed by atoms with Crippen molar-refractivity contribution in [1.29, 1.82) is 0 Å². The summed E-state index contributed by atoms with van der Waals surface area (Å²) in [5.41, 5.74) is 1.64. The second-order valence-corrected chi connectivity index (χ2v) is 3.10. The molecule has 0 unspecified atom stereocenters. The van der Waals surface area contributed by atoms with Gasteiger partial charge >= 0.3 is 0 Å². The second kappa shape index (κ2) is 3.14. The number of nitrogens with zero attached hydrogens (tertiary/aromatic N) is 2. The minimum absolute atomic E-state index is 0.0833. The maximum atomic E-state index is 11.3. The van der Waals surface area contributed by atoms with Gasteiger partial charge in [-0.1, -0.05) is 0 Å². The van der Waals surface area contributed by atoms with E-state index in [2.05, 4.69) is 10.3 Å². The molecule has 0 aliphatic rings. The molecule has 0 fully saturated rings. The van der Waals surface area contributed by atoms with Gasteiger partial charge in [-0.05, 0) is 19.1 Å². The van der Waals surface area contributed by atoms with Gasteiger partial charge in [-0.15, -0.1) is 0 Å². The highest BCUT2D eigenvalue weighted by Gasteiger charge is 2.05. The number of rotatable bonds is 1. The van der Waals surface area contributed by atoms with Crippen LogP contribution in [0.3, 0.4) is 0 Å². The minimum atomic E-state index is -0.0833. The fourth-order valence-electron chi connectivity index (χ4n) is 1.40. The number of aryl methyl sites for hydroxylation is 1. The molecule has 0 saturated heterocycles. The van der Waals surface area contributed by atoms with E-state index in [0.717, 1.165) is 11.3 Å². The summed E-state index contributed by atoms with van der Waals surface area (Å²) in [7, 11) is 1.62. The SMILES string of the molecule is CNC(=O)c1ccc2cnc(C)n2c1. The average Bonchev–Trinajstić information content (AvgIpc) is 2.59. The first kappa shape index (κ1) is 8.74. The monoisotopic (exact) mass is 189 g/mol. The molecule has 0 aromatic carbocycles. The number of hydrogen-bond donors (Lipinski definition) is 1. The first-order valence-electron chi connectivity index (χ1n) is 4.38. The van der Waals surface area contributed by atoms with E-state index < -0.39 is 0 Å². The summed E-state index contributed by atoms with van der Waals surface area (Å²) in [5.74, 6) is 0.797. The minimum Gasteiger partial charge on any atom is -0.355 e. The van der Waals surface area contributed by atoms with Crippen LogP contribution in [0.15, 0.2) is 24.5 Å². The van der Waals surface area contributed by atoms with Crippen LogP contribution in [-0.4, -0.2) is 22.3 Å². The highest BCUT2D eigenvalue weighted by molar-refractivity contribution is 5.94. The number of hydrogen-bond acceptors (Lipinski definition) is 2. The number of fused-ring (bicyclic) bond motifs is 1. The number of carbonyl (C=O) groups excluding carboxylic acids is 1. The summed E-state index contributed by atoms with van der Waals surface area (Å²) in [6.45, 7) is 1.90. The summed E-state index contributed by atoms with van der Waals surface area (Å²) < 4.78 is 1.89. The summed E-state index contributed by atoms with van der Waals surface area (Å²) in [4.78, 5) is 15.5. The number of nitrogens with one attached hydrogen (secondary N) is 1. The Morgan fingerprint density at radius 3 is 3.00 bits per heavy atom. The lowest BCUT2D eigenvalue weighted by Crippen LogP contribution is -2.18. The lowest BCUT2D eigenvalue weighted by atomic mass is 10.2. The molecule has 0 spiro atoms. The van der Waals surface area contributed by atoms with Crippen LogP contribution in [0.1, 0.15) is 16.2 Å². The third kappa shape index (κ3) is 1.25. The Bertz CT molecular complexity index is 487. The molecule has 1 amide bonds. The predicted molar refractivity (Wildman–Crippen MR) is 53.3 cm³/mol. The van der Waals surface area contributed by atoms with Gasteiger partial charge in [-0.3, -0.25) is 4.79 Å². The van der Waals surface area contributed by atoms with E-state index >= 15 is 0 Å². The van der Waals surface area contributed by atoms with Crippen LogP contribution >= 0.6 is 0 Å². The molecule has 0 saturated carbocycles. The van der Waals surface area contributed by atoms with E-state index in [4.69, 9.17) is 0 Å². The number of imidazole rings is 1. The normalized spacial score (nSPS) is 10.4. The molecule has 4 nitrogen and oxygen atoms in total. The predicted octanol–water partition coefficient (Wildman–Crippen LogP) is 1.00. The maximum Gasteiger partial charge on any atom is 0.252 e. The summed E-state index contributed by atoms with van der Waals surface area (Å²) in [6, 6.07) is 3.67. The Labute approximate surface area is 81.6 Å².